The van der Waals surface area contributed by atoms with Gasteiger partial charge in [-0.3, -0.25) is 4.90 Å². The molecule has 6 rings (SSSR count). The van der Waals surface area contributed by atoms with E-state index in [0.29, 0.717) is 6.61 Å². The predicted molar refractivity (Wildman–Crippen MR) is 151 cm³/mol. The fourth-order valence-corrected chi connectivity index (χ4v) is 5.19. The maximum absolute atomic E-state index is 5.95. The van der Waals surface area contributed by atoms with Crippen LogP contribution in [0.15, 0.2) is 97.3 Å². The molecule has 2 N–H and O–H groups in total. The molecule has 0 spiro atoms. The maximum Gasteiger partial charge on any atom is 0.119 e. The van der Waals surface area contributed by atoms with Crippen LogP contribution in [0.1, 0.15) is 41.6 Å². The van der Waals surface area contributed by atoms with E-state index in [-0.39, 0.29) is 0 Å². The van der Waals surface area contributed by atoms with E-state index in [0.717, 1.165) is 35.8 Å². The highest BCUT2D eigenvalue weighted by atomic mass is 16.5. The van der Waals surface area contributed by atoms with Crippen LogP contribution in [0.25, 0.3) is 5.70 Å². The quantitative estimate of drug-likeness (QED) is 0.279. The number of rotatable bonds is 8. The first-order chi connectivity index (χ1) is 18.3. The number of aromatic amines is 1. The average molecular weight is 491 g/mol. The fourth-order valence-electron chi connectivity index (χ4n) is 5.19. The number of nitrogens with zero attached hydrogens (tertiary/aromatic N) is 2. The van der Waals surface area contributed by atoms with Gasteiger partial charge in [-0.15, -0.1) is 0 Å². The lowest BCUT2D eigenvalue weighted by Gasteiger charge is -2.29. The summed E-state index contributed by atoms with van der Waals surface area (Å²) in [6, 6.07) is 29.6. The van der Waals surface area contributed by atoms with Gasteiger partial charge >= 0.3 is 0 Å². The zero-order valence-corrected chi connectivity index (χ0v) is 21.2. The summed E-state index contributed by atoms with van der Waals surface area (Å²) in [7, 11) is 0. The van der Waals surface area contributed by atoms with Crippen molar-refractivity contribution in [2.45, 2.75) is 39.0 Å². The van der Waals surface area contributed by atoms with Gasteiger partial charge < -0.3 is 19.9 Å². The molecule has 4 aromatic rings. The second kappa shape index (κ2) is 11.0. The lowest BCUT2D eigenvalue weighted by molar-refractivity contribution is 0.221. The zero-order valence-electron chi connectivity index (χ0n) is 21.2. The topological polar surface area (TPSA) is 43.5 Å². The number of hydrogen-bond donors (Lipinski definition) is 2. The van der Waals surface area contributed by atoms with Crippen LogP contribution < -0.4 is 15.0 Å². The van der Waals surface area contributed by atoms with Crippen LogP contribution in [-0.2, 0) is 19.7 Å². The summed E-state index contributed by atoms with van der Waals surface area (Å²) in [5.74, 6) is 0.862. The highest BCUT2D eigenvalue weighted by Crippen LogP contribution is 2.31. The van der Waals surface area contributed by atoms with Gasteiger partial charge in [0, 0.05) is 41.6 Å². The van der Waals surface area contributed by atoms with Crippen molar-refractivity contribution in [1.82, 2.24) is 9.88 Å². The highest BCUT2D eigenvalue weighted by molar-refractivity contribution is 5.81. The predicted octanol–water partition coefficient (Wildman–Crippen LogP) is 7.01. The Hall–Kier alpha value is -3.96. The van der Waals surface area contributed by atoms with E-state index in [9.17, 15) is 0 Å². The van der Waals surface area contributed by atoms with Gasteiger partial charge in [-0.25, -0.2) is 0 Å². The van der Waals surface area contributed by atoms with Gasteiger partial charge in [0.15, 0.2) is 0 Å². The molecule has 188 valence electrons. The van der Waals surface area contributed by atoms with Gasteiger partial charge in [-0.2, -0.15) is 0 Å². The van der Waals surface area contributed by atoms with Crippen LogP contribution in [0.5, 0.6) is 5.75 Å². The van der Waals surface area contributed by atoms with Crippen LogP contribution in [0.4, 0.5) is 11.4 Å². The minimum atomic E-state index is 0.567. The number of anilines is 2. The average Bonchev–Trinajstić information content (AvgIpc) is 3.44. The van der Waals surface area contributed by atoms with Crippen molar-refractivity contribution in [2.75, 3.05) is 23.3 Å². The monoisotopic (exact) mass is 490 g/mol. The van der Waals surface area contributed by atoms with Crippen molar-refractivity contribution in [3.05, 3.63) is 120 Å². The molecule has 3 heterocycles. The molecule has 0 aliphatic carbocycles. The van der Waals surface area contributed by atoms with Gasteiger partial charge in [0.05, 0.1) is 12.2 Å². The standard InChI is InChI=1S/C32H34N4O/c1-3-7-26(8-4-1)24-37-29-15-11-27(12-16-29)34-32-23-36(22-31-30(32)17-18-33-31)28-13-9-25(10-14-28)21-35-19-5-2-6-20-35/h1,3-4,7-18,23,33-34H,2,5-6,19-22,24H2. The summed E-state index contributed by atoms with van der Waals surface area (Å²) in [5, 5.41) is 3.63. The number of hydrogen-bond acceptors (Lipinski definition) is 4. The maximum atomic E-state index is 5.95. The molecule has 0 radical (unpaired) electrons. The molecular formula is C32H34N4O. The second-order valence-corrected chi connectivity index (χ2v) is 9.97. The molecule has 1 aromatic heterocycles. The first kappa shape index (κ1) is 23.4. The van der Waals surface area contributed by atoms with E-state index in [1.54, 1.807) is 0 Å². The third-order valence-corrected chi connectivity index (χ3v) is 7.24. The van der Waals surface area contributed by atoms with Gasteiger partial charge in [-0.05, 0) is 79.5 Å². The Kier molecular flexibility index (Phi) is 6.95. The molecule has 1 fully saturated rings. The van der Waals surface area contributed by atoms with E-state index in [1.165, 1.54) is 54.9 Å². The molecule has 0 amide bonds. The van der Waals surface area contributed by atoms with Gasteiger partial charge in [0.1, 0.15) is 12.4 Å². The summed E-state index contributed by atoms with van der Waals surface area (Å²) < 4.78 is 5.95. The summed E-state index contributed by atoms with van der Waals surface area (Å²) in [4.78, 5) is 8.31. The van der Waals surface area contributed by atoms with E-state index in [2.05, 4.69) is 80.9 Å². The van der Waals surface area contributed by atoms with Crippen molar-refractivity contribution >= 4 is 17.1 Å². The number of ether oxygens (including phenoxy) is 1. The SMILES string of the molecule is C1=C(Nc2ccc(OCc3ccccc3)cc2)c2cc[nH]c2CN1c1ccc(CN2CCCCC2)cc1. The number of fused-ring (bicyclic) bond motifs is 1. The molecule has 0 unspecified atom stereocenters. The molecule has 37 heavy (non-hydrogen) atoms. The Balaban J connectivity index is 1.13. The first-order valence-corrected chi connectivity index (χ1v) is 13.3. The van der Waals surface area contributed by atoms with E-state index in [1.807, 2.05) is 36.5 Å². The second-order valence-electron chi connectivity index (χ2n) is 9.97. The van der Waals surface area contributed by atoms with Gasteiger partial charge in [0.25, 0.3) is 0 Å². The minimum Gasteiger partial charge on any atom is -0.489 e. The minimum absolute atomic E-state index is 0.567. The molecule has 5 heteroatoms. The molecular weight excluding hydrogens is 456 g/mol. The number of nitrogens with one attached hydrogen (secondary N) is 2. The molecule has 5 nitrogen and oxygen atoms in total. The Morgan fingerprint density at radius 3 is 2.35 bits per heavy atom. The van der Waals surface area contributed by atoms with Crippen molar-refractivity contribution in [1.29, 1.82) is 0 Å². The van der Waals surface area contributed by atoms with Gasteiger partial charge in [0.2, 0.25) is 0 Å². The molecule has 2 aliphatic heterocycles. The Morgan fingerprint density at radius 1 is 0.784 bits per heavy atom. The largest absolute Gasteiger partial charge is 0.489 e. The Labute approximate surface area is 219 Å². The number of piperidine rings is 1. The fraction of sp³-hybridized carbons (Fsp3) is 0.250. The van der Waals surface area contributed by atoms with E-state index in [4.69, 9.17) is 4.74 Å². The van der Waals surface area contributed by atoms with Crippen LogP contribution >= 0.6 is 0 Å². The third kappa shape index (κ3) is 5.73. The van der Waals surface area contributed by atoms with Crippen molar-refractivity contribution < 1.29 is 4.74 Å². The number of benzene rings is 3. The number of aromatic nitrogens is 1. The van der Waals surface area contributed by atoms with Crippen LogP contribution in [0.2, 0.25) is 0 Å². The molecule has 1 saturated heterocycles. The van der Waals surface area contributed by atoms with Crippen molar-refractivity contribution in [2.24, 2.45) is 0 Å². The normalized spacial score (nSPS) is 15.7. The smallest absolute Gasteiger partial charge is 0.119 e. The van der Waals surface area contributed by atoms with E-state index >= 15 is 0 Å². The molecule has 3 aromatic carbocycles. The van der Waals surface area contributed by atoms with Crippen molar-refractivity contribution in [3.63, 3.8) is 0 Å². The van der Waals surface area contributed by atoms with Crippen LogP contribution in [-0.4, -0.2) is 23.0 Å². The zero-order chi connectivity index (χ0) is 24.9. The van der Waals surface area contributed by atoms with E-state index < -0.39 is 0 Å². The van der Waals surface area contributed by atoms with Crippen molar-refractivity contribution in [3.8, 4) is 5.75 Å². The molecule has 2 aliphatic rings. The summed E-state index contributed by atoms with van der Waals surface area (Å²) in [6.45, 7) is 4.89. The summed E-state index contributed by atoms with van der Waals surface area (Å²) in [6.07, 6.45) is 8.27. The number of H-pyrrole nitrogens is 1. The lowest BCUT2D eigenvalue weighted by atomic mass is 10.1. The Bertz CT molecular complexity index is 1320. The van der Waals surface area contributed by atoms with Crippen LogP contribution in [0.3, 0.4) is 0 Å². The van der Waals surface area contributed by atoms with Gasteiger partial charge in [-0.1, -0.05) is 48.9 Å². The van der Waals surface area contributed by atoms with Crippen LogP contribution in [0, 0.1) is 0 Å². The molecule has 0 atom stereocenters. The number of likely N-dealkylation sites (tertiary alicyclic amines) is 1. The lowest BCUT2D eigenvalue weighted by Crippen LogP contribution is -2.29. The summed E-state index contributed by atoms with van der Waals surface area (Å²) in [5.41, 5.74) is 8.29. The third-order valence-electron chi connectivity index (χ3n) is 7.24. The Morgan fingerprint density at radius 2 is 1.57 bits per heavy atom. The molecule has 0 saturated carbocycles. The summed E-state index contributed by atoms with van der Waals surface area (Å²) >= 11 is 0. The highest BCUT2D eigenvalue weighted by Gasteiger charge is 2.20. The first-order valence-electron chi connectivity index (χ1n) is 13.3. The molecule has 0 bridgehead atoms.